The van der Waals surface area contributed by atoms with Crippen LogP contribution in [0.1, 0.15) is 51.4 Å². The predicted octanol–water partition coefficient (Wildman–Crippen LogP) is 6.67. The lowest BCUT2D eigenvalue weighted by molar-refractivity contribution is 0.0934. The highest BCUT2D eigenvalue weighted by Crippen LogP contribution is 2.28. The molecule has 0 spiro atoms. The predicted molar refractivity (Wildman–Crippen MR) is 159 cm³/mol. The van der Waals surface area contributed by atoms with Gasteiger partial charge in [-0.15, -0.1) is 21.5 Å². The second-order valence-corrected chi connectivity index (χ2v) is 11.4. The number of aromatic nitrogens is 4. The Labute approximate surface area is 237 Å². The van der Waals surface area contributed by atoms with Gasteiger partial charge in [0, 0.05) is 17.8 Å². The Morgan fingerprint density at radius 1 is 0.949 bits per heavy atom. The molecule has 0 aliphatic carbocycles. The van der Waals surface area contributed by atoms with Crippen molar-refractivity contribution in [3.8, 4) is 5.69 Å². The Morgan fingerprint density at radius 3 is 2.38 bits per heavy atom. The third-order valence-electron chi connectivity index (χ3n) is 6.46. The summed E-state index contributed by atoms with van der Waals surface area (Å²) in [7, 11) is 0. The molecule has 0 aliphatic rings. The number of carbonyl (C=O) groups is 1. The molecule has 0 aliphatic heterocycles. The lowest BCUT2D eigenvalue weighted by Gasteiger charge is -2.13. The molecule has 0 saturated heterocycles. The molecular formula is C31H31N5OS2. The molecule has 8 heteroatoms. The van der Waals surface area contributed by atoms with Gasteiger partial charge in [-0.2, -0.15) is 0 Å². The van der Waals surface area contributed by atoms with Crippen molar-refractivity contribution in [2.45, 2.75) is 50.1 Å². The highest BCUT2D eigenvalue weighted by atomic mass is 32.2. The van der Waals surface area contributed by atoms with Crippen LogP contribution < -0.4 is 5.32 Å². The number of nitrogens with zero attached hydrogens (tertiary/aromatic N) is 4. The molecule has 3 aromatic carbocycles. The first kappa shape index (κ1) is 26.8. The van der Waals surface area contributed by atoms with E-state index in [2.05, 4.69) is 68.4 Å². The maximum Gasteiger partial charge on any atom is 0.270 e. The van der Waals surface area contributed by atoms with Crippen LogP contribution in [0.25, 0.3) is 5.69 Å². The number of hydrogen-bond acceptors (Lipinski definition) is 6. The summed E-state index contributed by atoms with van der Waals surface area (Å²) in [6.45, 7) is 4.14. The van der Waals surface area contributed by atoms with Gasteiger partial charge in [-0.3, -0.25) is 9.36 Å². The number of amides is 1. The van der Waals surface area contributed by atoms with E-state index in [4.69, 9.17) is 0 Å². The minimum Gasteiger partial charge on any atom is -0.348 e. The van der Waals surface area contributed by atoms with Crippen LogP contribution in [0.2, 0.25) is 0 Å². The number of nitrogens with one attached hydrogen (secondary N) is 1. The monoisotopic (exact) mass is 553 g/mol. The maximum absolute atomic E-state index is 12.8. The summed E-state index contributed by atoms with van der Waals surface area (Å²) >= 11 is 3.08. The molecule has 2 aromatic heterocycles. The smallest absolute Gasteiger partial charge is 0.270 e. The van der Waals surface area contributed by atoms with E-state index in [1.54, 1.807) is 11.8 Å². The fourth-order valence-electron chi connectivity index (χ4n) is 4.35. The molecule has 6 nitrogen and oxygen atoms in total. The minimum absolute atomic E-state index is 0.0629. The molecule has 1 N–H and O–H groups in total. The first-order chi connectivity index (χ1) is 19.1. The Hall–Kier alpha value is -3.75. The highest BCUT2D eigenvalue weighted by molar-refractivity contribution is 7.98. The number of thiazole rings is 1. The third kappa shape index (κ3) is 7.02. The Balaban J connectivity index is 1.25. The van der Waals surface area contributed by atoms with Gasteiger partial charge in [-0.1, -0.05) is 90.6 Å². The van der Waals surface area contributed by atoms with E-state index in [9.17, 15) is 4.79 Å². The standard InChI is InChI=1S/C31H31N5OS2/c1-22-11-9-10-16-27(22)36-28(19-25-14-7-4-8-15-25)34-35-31(36)39-21-29-33-26(20-38-29)30(37)32-23(2)17-18-24-12-5-3-6-13-24/h3-16,20,23H,17-19,21H2,1-2H3,(H,32,37). The van der Waals surface area contributed by atoms with Crippen molar-refractivity contribution < 1.29 is 4.79 Å². The van der Waals surface area contributed by atoms with Crippen molar-refractivity contribution in [2.75, 3.05) is 0 Å². The van der Waals surface area contributed by atoms with Gasteiger partial charge in [0.2, 0.25) is 0 Å². The van der Waals surface area contributed by atoms with Crippen molar-refractivity contribution >= 4 is 29.0 Å². The molecule has 0 fully saturated rings. The van der Waals surface area contributed by atoms with Gasteiger partial charge in [-0.25, -0.2) is 4.98 Å². The lowest BCUT2D eigenvalue weighted by atomic mass is 10.1. The van der Waals surface area contributed by atoms with Crippen LogP contribution in [0.5, 0.6) is 0 Å². The molecule has 5 rings (SSSR count). The molecule has 1 atom stereocenters. The van der Waals surface area contributed by atoms with E-state index < -0.39 is 0 Å². The van der Waals surface area contributed by atoms with Gasteiger partial charge < -0.3 is 5.32 Å². The van der Waals surface area contributed by atoms with Crippen molar-refractivity contribution in [2.24, 2.45) is 0 Å². The molecule has 1 unspecified atom stereocenters. The summed E-state index contributed by atoms with van der Waals surface area (Å²) in [5.74, 6) is 1.37. The molecule has 0 radical (unpaired) electrons. The second-order valence-electron chi connectivity index (χ2n) is 9.50. The number of para-hydroxylation sites is 1. The van der Waals surface area contributed by atoms with E-state index in [0.29, 0.717) is 17.9 Å². The van der Waals surface area contributed by atoms with Gasteiger partial charge in [0.15, 0.2) is 5.16 Å². The fraction of sp³-hybridized carbons (Fsp3) is 0.226. The molecular weight excluding hydrogens is 523 g/mol. The van der Waals surface area contributed by atoms with Crippen LogP contribution in [0.4, 0.5) is 0 Å². The number of aryl methyl sites for hydroxylation is 2. The van der Waals surface area contributed by atoms with Crippen molar-refractivity contribution in [3.63, 3.8) is 0 Å². The zero-order valence-electron chi connectivity index (χ0n) is 22.1. The zero-order valence-corrected chi connectivity index (χ0v) is 23.7. The topological polar surface area (TPSA) is 72.7 Å². The van der Waals surface area contributed by atoms with E-state index in [1.807, 2.05) is 60.8 Å². The van der Waals surface area contributed by atoms with Crippen molar-refractivity contribution in [1.82, 2.24) is 25.1 Å². The summed E-state index contributed by atoms with van der Waals surface area (Å²) in [5.41, 5.74) is 5.15. The Bertz CT molecular complexity index is 1510. The molecule has 1 amide bonds. The Morgan fingerprint density at radius 2 is 1.64 bits per heavy atom. The highest BCUT2D eigenvalue weighted by Gasteiger charge is 2.18. The van der Waals surface area contributed by atoms with Crippen molar-refractivity contribution in [3.05, 3.63) is 124 Å². The number of carbonyl (C=O) groups excluding carboxylic acids is 1. The molecule has 2 heterocycles. The zero-order chi connectivity index (χ0) is 27.0. The summed E-state index contributed by atoms with van der Waals surface area (Å²) in [5, 5.41) is 15.7. The van der Waals surface area contributed by atoms with Gasteiger partial charge in [0.05, 0.1) is 11.4 Å². The first-order valence-corrected chi connectivity index (χ1v) is 14.9. The number of rotatable bonds is 11. The number of benzene rings is 3. The summed E-state index contributed by atoms with van der Waals surface area (Å²) in [6.07, 6.45) is 2.49. The molecule has 5 aromatic rings. The second kappa shape index (κ2) is 12.9. The normalized spacial score (nSPS) is 11.8. The van der Waals surface area contributed by atoms with E-state index in [-0.39, 0.29) is 11.9 Å². The average molecular weight is 554 g/mol. The maximum atomic E-state index is 12.8. The molecule has 198 valence electrons. The Kier molecular flexibility index (Phi) is 8.85. The van der Waals surface area contributed by atoms with Crippen LogP contribution >= 0.6 is 23.1 Å². The quantitative estimate of drug-likeness (QED) is 0.185. The van der Waals surface area contributed by atoms with Gasteiger partial charge >= 0.3 is 0 Å². The largest absolute Gasteiger partial charge is 0.348 e. The van der Waals surface area contributed by atoms with E-state index in [1.165, 1.54) is 22.5 Å². The minimum atomic E-state index is -0.128. The van der Waals surface area contributed by atoms with Crippen LogP contribution in [-0.2, 0) is 18.6 Å². The lowest BCUT2D eigenvalue weighted by Crippen LogP contribution is -2.33. The van der Waals surface area contributed by atoms with Gasteiger partial charge in [0.25, 0.3) is 5.91 Å². The van der Waals surface area contributed by atoms with E-state index in [0.717, 1.165) is 40.1 Å². The van der Waals surface area contributed by atoms with Crippen LogP contribution in [0.3, 0.4) is 0 Å². The fourth-order valence-corrected chi connectivity index (χ4v) is 6.10. The van der Waals surface area contributed by atoms with Crippen LogP contribution in [0, 0.1) is 6.92 Å². The average Bonchev–Trinajstić information content (AvgIpc) is 3.59. The van der Waals surface area contributed by atoms with Gasteiger partial charge in [-0.05, 0) is 49.4 Å². The van der Waals surface area contributed by atoms with Crippen LogP contribution in [-0.4, -0.2) is 31.7 Å². The first-order valence-electron chi connectivity index (χ1n) is 13.0. The van der Waals surface area contributed by atoms with E-state index >= 15 is 0 Å². The van der Waals surface area contributed by atoms with Gasteiger partial charge in [0.1, 0.15) is 16.5 Å². The molecule has 0 saturated carbocycles. The summed E-state index contributed by atoms with van der Waals surface area (Å²) in [6, 6.07) is 29.0. The summed E-state index contributed by atoms with van der Waals surface area (Å²) < 4.78 is 2.14. The molecule has 39 heavy (non-hydrogen) atoms. The van der Waals surface area contributed by atoms with Crippen LogP contribution in [0.15, 0.2) is 95.5 Å². The van der Waals surface area contributed by atoms with Crippen molar-refractivity contribution in [1.29, 1.82) is 0 Å². The molecule has 0 bridgehead atoms. The number of thioether (sulfide) groups is 1. The summed E-state index contributed by atoms with van der Waals surface area (Å²) in [4.78, 5) is 17.4. The SMILES string of the molecule is Cc1ccccc1-n1c(Cc2ccccc2)nnc1SCc1nc(C(=O)NC(C)CCc2ccccc2)cs1. The third-order valence-corrected chi connectivity index (χ3v) is 8.43. The number of hydrogen-bond donors (Lipinski definition) is 1.